The van der Waals surface area contributed by atoms with E-state index in [1.807, 2.05) is 25.7 Å². The van der Waals surface area contributed by atoms with Gasteiger partial charge in [0.25, 0.3) is 0 Å². The molecule has 0 aromatic rings. The molecular weight excluding hydrogens is 228 g/mol. The lowest BCUT2D eigenvalue weighted by atomic mass is 9.96. The van der Waals surface area contributed by atoms with E-state index in [1.54, 1.807) is 0 Å². The minimum atomic E-state index is -0.383. The zero-order valence-corrected chi connectivity index (χ0v) is 11.9. The summed E-state index contributed by atoms with van der Waals surface area (Å²) >= 11 is 0. The molecule has 0 aromatic carbocycles. The fourth-order valence-corrected chi connectivity index (χ4v) is 2.03. The van der Waals surface area contributed by atoms with E-state index in [9.17, 15) is 9.59 Å². The number of hydrogen-bond donors (Lipinski definition) is 1. The fourth-order valence-electron chi connectivity index (χ4n) is 2.03. The third kappa shape index (κ3) is 5.07. The number of amides is 2. The van der Waals surface area contributed by atoms with Crippen LogP contribution in [0, 0.1) is 5.41 Å². The van der Waals surface area contributed by atoms with Crippen molar-refractivity contribution in [3.63, 3.8) is 0 Å². The molecule has 0 unspecified atom stereocenters. The van der Waals surface area contributed by atoms with E-state index in [4.69, 9.17) is 0 Å². The summed E-state index contributed by atoms with van der Waals surface area (Å²) in [6, 6.07) is 0. The summed E-state index contributed by atoms with van der Waals surface area (Å²) in [6.45, 7) is 7.83. The van der Waals surface area contributed by atoms with E-state index in [0.717, 1.165) is 25.9 Å². The van der Waals surface area contributed by atoms with Crippen molar-refractivity contribution in [2.45, 2.75) is 52.9 Å². The standard InChI is InChI=1S/C14H26N2O2/c1-14(2,3)13(18)15-9-8-12(17)16-10-6-4-5-7-11-16/h4-11H2,1-3H3,(H,15,18). The van der Waals surface area contributed by atoms with Gasteiger partial charge in [0.1, 0.15) is 0 Å². The predicted molar refractivity (Wildman–Crippen MR) is 72.1 cm³/mol. The van der Waals surface area contributed by atoms with Crippen LogP contribution in [0.4, 0.5) is 0 Å². The Balaban J connectivity index is 2.26. The summed E-state index contributed by atoms with van der Waals surface area (Å²) in [7, 11) is 0. The van der Waals surface area contributed by atoms with Gasteiger partial charge in [0.15, 0.2) is 0 Å². The SMILES string of the molecule is CC(C)(C)C(=O)NCCC(=O)N1CCCCCC1. The number of likely N-dealkylation sites (tertiary alicyclic amines) is 1. The van der Waals surface area contributed by atoms with Gasteiger partial charge in [-0.25, -0.2) is 0 Å². The molecule has 104 valence electrons. The van der Waals surface area contributed by atoms with Crippen LogP contribution in [0.5, 0.6) is 0 Å². The average molecular weight is 254 g/mol. The Kier molecular flexibility index (Phi) is 5.63. The van der Waals surface area contributed by atoms with Gasteiger partial charge >= 0.3 is 0 Å². The van der Waals surface area contributed by atoms with E-state index >= 15 is 0 Å². The second kappa shape index (κ2) is 6.76. The molecule has 0 saturated carbocycles. The highest BCUT2D eigenvalue weighted by molar-refractivity contribution is 5.82. The zero-order valence-electron chi connectivity index (χ0n) is 11.9. The molecule has 0 aliphatic carbocycles. The molecule has 1 N–H and O–H groups in total. The number of carbonyl (C=O) groups excluding carboxylic acids is 2. The largest absolute Gasteiger partial charge is 0.355 e. The normalized spacial score (nSPS) is 17.2. The van der Waals surface area contributed by atoms with Gasteiger partial charge in [-0.05, 0) is 12.8 Å². The van der Waals surface area contributed by atoms with Gasteiger partial charge in [0.2, 0.25) is 11.8 Å². The minimum absolute atomic E-state index is 0.00571. The van der Waals surface area contributed by atoms with Crippen LogP contribution >= 0.6 is 0 Å². The molecule has 0 spiro atoms. The van der Waals surface area contributed by atoms with Crippen LogP contribution in [0.2, 0.25) is 0 Å². The third-order valence-corrected chi connectivity index (χ3v) is 3.26. The van der Waals surface area contributed by atoms with Crippen molar-refractivity contribution >= 4 is 11.8 Å². The maximum Gasteiger partial charge on any atom is 0.225 e. The van der Waals surface area contributed by atoms with E-state index in [-0.39, 0.29) is 17.2 Å². The summed E-state index contributed by atoms with van der Waals surface area (Å²) < 4.78 is 0. The van der Waals surface area contributed by atoms with Gasteiger partial charge < -0.3 is 10.2 Å². The first kappa shape index (κ1) is 15.0. The molecule has 2 amide bonds. The highest BCUT2D eigenvalue weighted by atomic mass is 16.2. The van der Waals surface area contributed by atoms with E-state index in [2.05, 4.69) is 5.32 Å². The Morgan fingerprint density at radius 2 is 1.61 bits per heavy atom. The van der Waals surface area contributed by atoms with Gasteiger partial charge in [-0.2, -0.15) is 0 Å². The third-order valence-electron chi connectivity index (χ3n) is 3.26. The Morgan fingerprint density at radius 1 is 1.06 bits per heavy atom. The number of carbonyl (C=O) groups is 2. The van der Waals surface area contributed by atoms with Crippen molar-refractivity contribution in [2.75, 3.05) is 19.6 Å². The number of rotatable bonds is 3. The van der Waals surface area contributed by atoms with Crippen LogP contribution in [0.15, 0.2) is 0 Å². The quantitative estimate of drug-likeness (QED) is 0.836. The Labute approximate surface area is 110 Å². The van der Waals surface area contributed by atoms with Crippen LogP contribution in [0.1, 0.15) is 52.9 Å². The first-order chi connectivity index (χ1) is 8.41. The van der Waals surface area contributed by atoms with Crippen molar-refractivity contribution in [1.29, 1.82) is 0 Å². The zero-order chi connectivity index (χ0) is 13.6. The molecule has 1 aliphatic heterocycles. The van der Waals surface area contributed by atoms with E-state index < -0.39 is 0 Å². The van der Waals surface area contributed by atoms with Gasteiger partial charge in [0, 0.05) is 31.5 Å². The minimum Gasteiger partial charge on any atom is -0.355 e. The molecule has 0 bridgehead atoms. The van der Waals surface area contributed by atoms with Gasteiger partial charge in [-0.1, -0.05) is 33.6 Å². The first-order valence-electron chi connectivity index (χ1n) is 6.97. The molecule has 1 rings (SSSR count). The van der Waals surface area contributed by atoms with Crippen molar-refractivity contribution in [3.8, 4) is 0 Å². The highest BCUT2D eigenvalue weighted by Gasteiger charge is 2.21. The molecular formula is C14H26N2O2. The lowest BCUT2D eigenvalue weighted by Crippen LogP contribution is -2.38. The van der Waals surface area contributed by atoms with Crippen LogP contribution in [-0.2, 0) is 9.59 Å². The molecule has 1 heterocycles. The molecule has 0 radical (unpaired) electrons. The first-order valence-corrected chi connectivity index (χ1v) is 6.97. The van der Waals surface area contributed by atoms with Crippen molar-refractivity contribution in [1.82, 2.24) is 10.2 Å². The lowest BCUT2D eigenvalue weighted by Gasteiger charge is -2.21. The van der Waals surface area contributed by atoms with E-state index in [1.165, 1.54) is 12.8 Å². The maximum absolute atomic E-state index is 12.0. The Morgan fingerprint density at radius 3 is 2.11 bits per heavy atom. The molecule has 1 fully saturated rings. The summed E-state index contributed by atoms with van der Waals surface area (Å²) in [5.74, 6) is 0.178. The molecule has 4 heteroatoms. The summed E-state index contributed by atoms with van der Waals surface area (Å²) in [5.41, 5.74) is -0.383. The topological polar surface area (TPSA) is 49.4 Å². The van der Waals surface area contributed by atoms with Gasteiger partial charge in [0.05, 0.1) is 0 Å². The second-order valence-electron chi connectivity index (χ2n) is 6.05. The van der Waals surface area contributed by atoms with E-state index in [0.29, 0.717) is 13.0 Å². The summed E-state index contributed by atoms with van der Waals surface area (Å²) in [4.78, 5) is 25.5. The second-order valence-corrected chi connectivity index (χ2v) is 6.05. The van der Waals surface area contributed by atoms with Crippen LogP contribution < -0.4 is 5.32 Å². The Hall–Kier alpha value is -1.06. The maximum atomic E-state index is 12.0. The smallest absolute Gasteiger partial charge is 0.225 e. The van der Waals surface area contributed by atoms with Gasteiger partial charge in [-0.3, -0.25) is 9.59 Å². The van der Waals surface area contributed by atoms with Crippen LogP contribution in [-0.4, -0.2) is 36.3 Å². The highest BCUT2D eigenvalue weighted by Crippen LogP contribution is 2.13. The molecule has 4 nitrogen and oxygen atoms in total. The van der Waals surface area contributed by atoms with Crippen LogP contribution in [0.25, 0.3) is 0 Å². The Bertz CT molecular complexity index is 287. The number of nitrogens with zero attached hydrogens (tertiary/aromatic N) is 1. The van der Waals surface area contributed by atoms with Crippen molar-refractivity contribution < 1.29 is 9.59 Å². The fraction of sp³-hybridized carbons (Fsp3) is 0.857. The predicted octanol–water partition coefficient (Wildman–Crippen LogP) is 1.94. The number of nitrogens with one attached hydrogen (secondary N) is 1. The molecule has 18 heavy (non-hydrogen) atoms. The van der Waals surface area contributed by atoms with Crippen molar-refractivity contribution in [2.24, 2.45) is 5.41 Å². The molecule has 1 saturated heterocycles. The van der Waals surface area contributed by atoms with Crippen molar-refractivity contribution in [3.05, 3.63) is 0 Å². The molecule has 0 atom stereocenters. The number of hydrogen-bond acceptors (Lipinski definition) is 2. The average Bonchev–Trinajstić information content (AvgIpc) is 2.55. The molecule has 0 aromatic heterocycles. The van der Waals surface area contributed by atoms with Gasteiger partial charge in [-0.15, -0.1) is 0 Å². The summed E-state index contributed by atoms with van der Waals surface area (Å²) in [5, 5.41) is 2.82. The summed E-state index contributed by atoms with van der Waals surface area (Å²) in [6.07, 6.45) is 5.09. The monoisotopic (exact) mass is 254 g/mol. The lowest BCUT2D eigenvalue weighted by molar-refractivity contribution is -0.131. The molecule has 1 aliphatic rings. The van der Waals surface area contributed by atoms with Crippen LogP contribution in [0.3, 0.4) is 0 Å².